The van der Waals surface area contributed by atoms with Crippen molar-refractivity contribution in [2.45, 2.75) is 19.9 Å². The lowest BCUT2D eigenvalue weighted by molar-refractivity contribution is 0.0972. The van der Waals surface area contributed by atoms with Gasteiger partial charge in [-0.1, -0.05) is 18.2 Å². The second-order valence-electron chi connectivity index (χ2n) is 5.31. The Hall–Kier alpha value is -2.23. The highest BCUT2D eigenvalue weighted by Crippen LogP contribution is 2.17. The number of hydrogen-bond acceptors (Lipinski definition) is 4. The standard InChI is InChI=1S/C18H24N4O3.HI/c1-3-20-18(22-12-14-8-9-16(25-14)17(19)23)21-11-10-13-6-4-5-7-15(13)24-2;/h4-9H,3,10-12H2,1-2H3,(H2,19,23)(H2,20,21,22);1H. The molecule has 1 aromatic carbocycles. The van der Waals surface area contributed by atoms with Gasteiger partial charge in [-0.15, -0.1) is 24.0 Å². The van der Waals surface area contributed by atoms with E-state index < -0.39 is 5.91 Å². The van der Waals surface area contributed by atoms with Gasteiger partial charge in [0, 0.05) is 13.1 Å². The van der Waals surface area contributed by atoms with E-state index in [1.165, 1.54) is 0 Å². The Labute approximate surface area is 170 Å². The number of primary amides is 1. The summed E-state index contributed by atoms with van der Waals surface area (Å²) in [5.74, 6) is 1.68. The Balaban J connectivity index is 0.00000338. The molecule has 0 unspecified atom stereocenters. The number of halogens is 1. The van der Waals surface area contributed by atoms with Crippen LogP contribution in [0.2, 0.25) is 0 Å². The predicted molar refractivity (Wildman–Crippen MR) is 112 cm³/mol. The van der Waals surface area contributed by atoms with Crippen LogP contribution < -0.4 is 21.1 Å². The van der Waals surface area contributed by atoms with Crippen LogP contribution in [0.1, 0.15) is 28.8 Å². The number of para-hydroxylation sites is 1. The quantitative estimate of drug-likeness (QED) is 0.311. The van der Waals surface area contributed by atoms with Crippen molar-refractivity contribution in [1.82, 2.24) is 10.6 Å². The molecule has 0 saturated carbocycles. The number of guanidine groups is 1. The van der Waals surface area contributed by atoms with Gasteiger partial charge in [-0.25, -0.2) is 4.99 Å². The van der Waals surface area contributed by atoms with Crippen molar-refractivity contribution >= 4 is 35.8 Å². The van der Waals surface area contributed by atoms with E-state index in [9.17, 15) is 4.79 Å². The molecule has 0 aliphatic rings. The van der Waals surface area contributed by atoms with Crippen LogP contribution in [0.25, 0.3) is 0 Å². The number of nitrogens with zero attached hydrogens (tertiary/aromatic N) is 1. The van der Waals surface area contributed by atoms with Crippen LogP contribution in [0.5, 0.6) is 5.75 Å². The third-order valence-electron chi connectivity index (χ3n) is 3.52. The van der Waals surface area contributed by atoms with Crippen LogP contribution in [-0.2, 0) is 13.0 Å². The topological polar surface area (TPSA) is 102 Å². The molecule has 26 heavy (non-hydrogen) atoms. The molecule has 1 amide bonds. The zero-order valence-corrected chi connectivity index (χ0v) is 17.3. The molecule has 7 nitrogen and oxygen atoms in total. The number of carbonyl (C=O) groups excluding carboxylic acids is 1. The summed E-state index contributed by atoms with van der Waals surface area (Å²) in [6, 6.07) is 11.2. The van der Waals surface area contributed by atoms with Crippen molar-refractivity contribution in [1.29, 1.82) is 0 Å². The van der Waals surface area contributed by atoms with Gasteiger partial charge in [0.25, 0.3) is 5.91 Å². The van der Waals surface area contributed by atoms with E-state index in [-0.39, 0.29) is 29.7 Å². The van der Waals surface area contributed by atoms with Gasteiger partial charge in [-0.3, -0.25) is 4.79 Å². The van der Waals surface area contributed by atoms with E-state index in [0.717, 1.165) is 24.3 Å². The molecule has 0 radical (unpaired) electrons. The molecule has 2 rings (SSSR count). The molecule has 0 spiro atoms. The summed E-state index contributed by atoms with van der Waals surface area (Å²) in [6.07, 6.45) is 0.807. The first-order valence-corrected chi connectivity index (χ1v) is 8.16. The second-order valence-corrected chi connectivity index (χ2v) is 5.31. The summed E-state index contributed by atoms with van der Waals surface area (Å²) in [5, 5.41) is 6.44. The Morgan fingerprint density at radius 3 is 2.65 bits per heavy atom. The van der Waals surface area contributed by atoms with E-state index in [2.05, 4.69) is 15.6 Å². The van der Waals surface area contributed by atoms with Crippen LogP contribution in [-0.4, -0.2) is 32.1 Å². The monoisotopic (exact) mass is 472 g/mol. The van der Waals surface area contributed by atoms with Crippen molar-refractivity contribution in [3.8, 4) is 5.75 Å². The lowest BCUT2D eigenvalue weighted by Gasteiger charge is -2.12. The van der Waals surface area contributed by atoms with E-state index in [1.807, 2.05) is 31.2 Å². The molecule has 1 heterocycles. The van der Waals surface area contributed by atoms with E-state index in [1.54, 1.807) is 19.2 Å². The highest BCUT2D eigenvalue weighted by atomic mass is 127. The fourth-order valence-electron chi connectivity index (χ4n) is 2.32. The zero-order chi connectivity index (χ0) is 18.1. The number of aliphatic imine (C=N–C) groups is 1. The molecule has 2 aromatic rings. The average Bonchev–Trinajstić information content (AvgIpc) is 3.09. The summed E-state index contributed by atoms with van der Waals surface area (Å²) in [6.45, 7) is 3.76. The minimum atomic E-state index is -0.586. The summed E-state index contributed by atoms with van der Waals surface area (Å²) < 4.78 is 10.7. The van der Waals surface area contributed by atoms with E-state index in [4.69, 9.17) is 14.9 Å². The Morgan fingerprint density at radius 1 is 1.23 bits per heavy atom. The van der Waals surface area contributed by atoms with E-state index in [0.29, 0.717) is 24.8 Å². The van der Waals surface area contributed by atoms with Gasteiger partial charge in [-0.2, -0.15) is 0 Å². The highest BCUT2D eigenvalue weighted by molar-refractivity contribution is 14.0. The fourth-order valence-corrected chi connectivity index (χ4v) is 2.32. The Morgan fingerprint density at radius 2 is 2.00 bits per heavy atom. The molecule has 0 bridgehead atoms. The SMILES string of the molecule is CCNC(=NCc1ccc(C(N)=O)o1)NCCc1ccccc1OC.I. The van der Waals surface area contributed by atoms with Crippen LogP contribution in [0.15, 0.2) is 45.8 Å². The highest BCUT2D eigenvalue weighted by Gasteiger charge is 2.07. The van der Waals surface area contributed by atoms with Gasteiger partial charge in [0.2, 0.25) is 0 Å². The molecule has 142 valence electrons. The fraction of sp³-hybridized carbons (Fsp3) is 0.333. The minimum Gasteiger partial charge on any atom is -0.496 e. The summed E-state index contributed by atoms with van der Waals surface area (Å²) in [5.41, 5.74) is 6.30. The number of nitrogens with one attached hydrogen (secondary N) is 2. The number of amides is 1. The molecule has 0 saturated heterocycles. The third kappa shape index (κ3) is 6.58. The minimum absolute atomic E-state index is 0. The first-order chi connectivity index (χ1) is 12.1. The molecular weight excluding hydrogens is 447 g/mol. The molecular formula is C18H25IN4O3. The molecule has 0 atom stereocenters. The third-order valence-corrected chi connectivity index (χ3v) is 3.52. The van der Waals surface area contributed by atoms with Gasteiger partial charge < -0.3 is 25.5 Å². The van der Waals surface area contributed by atoms with Crippen molar-refractivity contribution in [2.24, 2.45) is 10.7 Å². The first kappa shape index (κ1) is 21.8. The predicted octanol–water partition coefficient (Wildman–Crippen LogP) is 2.30. The van der Waals surface area contributed by atoms with Crippen molar-refractivity contribution in [2.75, 3.05) is 20.2 Å². The summed E-state index contributed by atoms with van der Waals surface area (Å²) >= 11 is 0. The smallest absolute Gasteiger partial charge is 0.284 e. The molecule has 4 N–H and O–H groups in total. The Kier molecular flexibility index (Phi) is 9.56. The average molecular weight is 472 g/mol. The van der Waals surface area contributed by atoms with Gasteiger partial charge >= 0.3 is 0 Å². The number of ether oxygens (including phenoxy) is 1. The van der Waals surface area contributed by atoms with Crippen molar-refractivity contribution < 1.29 is 13.9 Å². The zero-order valence-electron chi connectivity index (χ0n) is 15.0. The van der Waals surface area contributed by atoms with E-state index >= 15 is 0 Å². The van der Waals surface area contributed by atoms with Gasteiger partial charge in [0.15, 0.2) is 11.7 Å². The normalized spacial score (nSPS) is 10.8. The maximum Gasteiger partial charge on any atom is 0.284 e. The Bertz CT molecular complexity index is 731. The number of carbonyl (C=O) groups is 1. The van der Waals surface area contributed by atoms with Crippen LogP contribution in [0.3, 0.4) is 0 Å². The molecule has 8 heteroatoms. The molecule has 1 aromatic heterocycles. The number of furan rings is 1. The van der Waals surface area contributed by atoms with Crippen molar-refractivity contribution in [3.05, 3.63) is 53.5 Å². The largest absolute Gasteiger partial charge is 0.496 e. The number of benzene rings is 1. The maximum absolute atomic E-state index is 11.0. The second kappa shape index (κ2) is 11.4. The van der Waals surface area contributed by atoms with Gasteiger partial charge in [-0.05, 0) is 37.1 Å². The number of hydrogen-bond donors (Lipinski definition) is 3. The van der Waals surface area contributed by atoms with Crippen molar-refractivity contribution in [3.63, 3.8) is 0 Å². The summed E-state index contributed by atoms with van der Waals surface area (Å²) in [7, 11) is 1.67. The molecule has 0 aliphatic carbocycles. The lowest BCUT2D eigenvalue weighted by Crippen LogP contribution is -2.38. The van der Waals surface area contributed by atoms with Crippen LogP contribution >= 0.6 is 24.0 Å². The lowest BCUT2D eigenvalue weighted by atomic mass is 10.1. The molecule has 0 fully saturated rings. The number of methoxy groups -OCH3 is 1. The van der Waals surface area contributed by atoms with Gasteiger partial charge in [0.05, 0.1) is 7.11 Å². The van der Waals surface area contributed by atoms with Gasteiger partial charge in [0.1, 0.15) is 18.1 Å². The summed E-state index contributed by atoms with van der Waals surface area (Å²) in [4.78, 5) is 15.5. The maximum atomic E-state index is 11.0. The number of nitrogens with two attached hydrogens (primary N) is 1. The first-order valence-electron chi connectivity index (χ1n) is 8.16. The van der Waals surface area contributed by atoms with Crippen LogP contribution in [0.4, 0.5) is 0 Å². The van der Waals surface area contributed by atoms with Crippen LogP contribution in [0, 0.1) is 0 Å². The number of rotatable bonds is 8. The molecule has 0 aliphatic heterocycles.